The Hall–Kier alpha value is -3.20. The number of thiophene rings is 1. The number of thiocarbonyl (C=S) groups is 1. The van der Waals surface area contributed by atoms with E-state index in [1.807, 2.05) is 60.7 Å². The number of carbonyl (C=O) groups excluding carboxylic acids is 2. The molecule has 0 aliphatic carbocycles. The summed E-state index contributed by atoms with van der Waals surface area (Å²) < 4.78 is 6.51. The van der Waals surface area contributed by atoms with Gasteiger partial charge in [-0.15, -0.1) is 11.3 Å². The van der Waals surface area contributed by atoms with E-state index in [4.69, 9.17) is 28.6 Å². The fourth-order valence-corrected chi connectivity index (χ4v) is 4.53. The van der Waals surface area contributed by atoms with Crippen LogP contribution in [0.25, 0.3) is 20.9 Å². The third kappa shape index (κ3) is 4.77. The predicted octanol–water partition coefficient (Wildman–Crippen LogP) is 4.42. The molecule has 0 saturated heterocycles. The van der Waals surface area contributed by atoms with Crippen LogP contribution in [-0.4, -0.2) is 23.5 Å². The van der Waals surface area contributed by atoms with Gasteiger partial charge in [0.1, 0.15) is 10.6 Å². The van der Waals surface area contributed by atoms with Crippen LogP contribution in [0.5, 0.6) is 5.75 Å². The molecule has 0 aliphatic rings. The van der Waals surface area contributed by atoms with Crippen molar-refractivity contribution in [1.29, 1.82) is 0 Å². The molecule has 0 radical (unpaired) electrons. The second-order valence-corrected chi connectivity index (χ2v) is 8.30. The number of nitrogens with one attached hydrogen (secondary N) is 3. The van der Waals surface area contributed by atoms with Crippen molar-refractivity contribution in [1.82, 2.24) is 16.2 Å². The summed E-state index contributed by atoms with van der Waals surface area (Å²) in [5, 5.41) is 5.54. The topological polar surface area (TPSA) is 79.5 Å². The maximum absolute atomic E-state index is 12.5. The lowest BCUT2D eigenvalue weighted by Crippen LogP contribution is -2.49. The van der Waals surface area contributed by atoms with Crippen LogP contribution in [0, 0.1) is 0 Å². The quantitative estimate of drug-likeness (QED) is 0.304. The number of rotatable bonds is 4. The molecule has 1 aromatic heterocycles. The summed E-state index contributed by atoms with van der Waals surface area (Å²) in [7, 11) is 0. The fraction of sp³-hybridized carbons (Fsp3) is 0.0455. The second kappa shape index (κ2) is 9.30. The molecule has 1 heterocycles. The van der Waals surface area contributed by atoms with E-state index in [0.29, 0.717) is 15.6 Å². The Labute approximate surface area is 192 Å². The first-order chi connectivity index (χ1) is 15.0. The molecule has 0 bridgehead atoms. The predicted molar refractivity (Wildman–Crippen MR) is 128 cm³/mol. The minimum atomic E-state index is -0.454. The van der Waals surface area contributed by atoms with E-state index >= 15 is 0 Å². The van der Waals surface area contributed by atoms with Gasteiger partial charge in [0.15, 0.2) is 11.7 Å². The summed E-state index contributed by atoms with van der Waals surface area (Å²) in [6.45, 7) is -0.223. The van der Waals surface area contributed by atoms with Crippen molar-refractivity contribution in [3.05, 3.63) is 76.6 Å². The molecule has 6 nitrogen and oxygen atoms in total. The van der Waals surface area contributed by atoms with E-state index in [1.165, 1.54) is 11.3 Å². The van der Waals surface area contributed by atoms with Crippen LogP contribution in [0.4, 0.5) is 0 Å². The first kappa shape index (κ1) is 21.0. The Morgan fingerprint density at radius 3 is 2.45 bits per heavy atom. The zero-order valence-electron chi connectivity index (χ0n) is 16.0. The maximum atomic E-state index is 12.5. The van der Waals surface area contributed by atoms with E-state index < -0.39 is 11.8 Å². The Bertz CT molecular complexity index is 1300. The van der Waals surface area contributed by atoms with Gasteiger partial charge in [-0.05, 0) is 29.7 Å². The number of ether oxygens (including phenoxy) is 1. The number of carbonyl (C=O) groups is 2. The molecule has 3 aromatic carbocycles. The summed E-state index contributed by atoms with van der Waals surface area (Å²) in [5.41, 5.74) is 4.89. The van der Waals surface area contributed by atoms with E-state index in [2.05, 4.69) is 16.2 Å². The molecular formula is C22H16ClN3O3S2. The first-order valence-corrected chi connectivity index (χ1v) is 10.8. The van der Waals surface area contributed by atoms with E-state index in [-0.39, 0.29) is 11.7 Å². The average Bonchev–Trinajstić information content (AvgIpc) is 3.13. The van der Waals surface area contributed by atoms with E-state index in [1.54, 1.807) is 6.07 Å². The lowest BCUT2D eigenvalue weighted by Gasteiger charge is -2.12. The van der Waals surface area contributed by atoms with Crippen molar-refractivity contribution in [2.24, 2.45) is 0 Å². The van der Waals surface area contributed by atoms with Gasteiger partial charge in [0.25, 0.3) is 11.8 Å². The molecular weight excluding hydrogens is 454 g/mol. The normalized spacial score (nSPS) is 10.6. The fourth-order valence-electron chi connectivity index (χ4n) is 2.98. The molecule has 0 spiro atoms. The summed E-state index contributed by atoms with van der Waals surface area (Å²) in [5.74, 6) is -0.307. The van der Waals surface area contributed by atoms with Gasteiger partial charge in [-0.3, -0.25) is 25.8 Å². The van der Waals surface area contributed by atoms with Gasteiger partial charge in [-0.25, -0.2) is 0 Å². The van der Waals surface area contributed by atoms with Crippen LogP contribution >= 0.6 is 35.2 Å². The van der Waals surface area contributed by atoms with Crippen LogP contribution in [-0.2, 0) is 4.79 Å². The molecule has 0 saturated carbocycles. The number of amides is 2. The van der Waals surface area contributed by atoms with Gasteiger partial charge in [0.2, 0.25) is 0 Å². The maximum Gasteiger partial charge on any atom is 0.276 e. The average molecular weight is 470 g/mol. The van der Waals surface area contributed by atoms with Gasteiger partial charge < -0.3 is 4.74 Å². The highest BCUT2D eigenvalue weighted by Gasteiger charge is 2.18. The highest BCUT2D eigenvalue weighted by Crippen LogP contribution is 2.34. The third-order valence-electron chi connectivity index (χ3n) is 4.39. The Morgan fingerprint density at radius 2 is 1.65 bits per heavy atom. The Kier molecular flexibility index (Phi) is 6.31. The molecule has 4 aromatic rings. The SMILES string of the molecule is O=C(COc1cccc2ccccc12)NNC(=S)NC(=O)c1sc2ccccc2c1Cl. The van der Waals surface area contributed by atoms with Gasteiger partial charge >= 0.3 is 0 Å². The van der Waals surface area contributed by atoms with Crippen molar-refractivity contribution in [3.8, 4) is 5.75 Å². The van der Waals surface area contributed by atoms with Crippen molar-refractivity contribution >= 4 is 72.9 Å². The number of benzene rings is 3. The van der Waals surface area contributed by atoms with Gasteiger partial charge in [0, 0.05) is 15.5 Å². The lowest BCUT2D eigenvalue weighted by atomic mass is 10.1. The summed E-state index contributed by atoms with van der Waals surface area (Å²) in [6.07, 6.45) is 0. The Morgan fingerprint density at radius 1 is 0.935 bits per heavy atom. The smallest absolute Gasteiger partial charge is 0.276 e. The van der Waals surface area contributed by atoms with Crippen LogP contribution in [0.15, 0.2) is 66.7 Å². The molecule has 2 amide bonds. The summed E-state index contributed by atoms with van der Waals surface area (Å²) >= 11 is 12.6. The van der Waals surface area contributed by atoms with Crippen molar-refractivity contribution in [2.75, 3.05) is 6.61 Å². The number of fused-ring (bicyclic) bond motifs is 2. The van der Waals surface area contributed by atoms with Crippen LogP contribution < -0.4 is 20.9 Å². The molecule has 31 heavy (non-hydrogen) atoms. The Balaban J connectivity index is 1.29. The molecule has 0 fully saturated rings. The lowest BCUT2D eigenvalue weighted by molar-refractivity contribution is -0.123. The first-order valence-electron chi connectivity index (χ1n) is 9.20. The largest absolute Gasteiger partial charge is 0.483 e. The van der Waals surface area contributed by atoms with Gasteiger partial charge in [-0.1, -0.05) is 66.2 Å². The molecule has 0 aliphatic heterocycles. The molecule has 3 N–H and O–H groups in total. The number of halogens is 1. The second-order valence-electron chi connectivity index (χ2n) is 6.46. The van der Waals surface area contributed by atoms with E-state index in [0.717, 1.165) is 20.9 Å². The highest BCUT2D eigenvalue weighted by atomic mass is 35.5. The number of hydrogen-bond acceptors (Lipinski definition) is 5. The van der Waals surface area contributed by atoms with Crippen molar-refractivity contribution in [3.63, 3.8) is 0 Å². The van der Waals surface area contributed by atoms with E-state index in [9.17, 15) is 9.59 Å². The monoisotopic (exact) mass is 469 g/mol. The standard InChI is InChI=1S/C22H16ClN3O3S2/c23-19-15-9-3-4-11-17(15)31-20(19)21(28)24-22(30)26-25-18(27)12-29-16-10-5-7-13-6-1-2-8-14(13)16/h1-11H,12H2,(H,25,27)(H2,24,26,28,30). The zero-order chi connectivity index (χ0) is 21.8. The van der Waals surface area contributed by atoms with Crippen LogP contribution in [0.2, 0.25) is 5.02 Å². The van der Waals surface area contributed by atoms with Gasteiger partial charge in [-0.2, -0.15) is 0 Å². The minimum Gasteiger partial charge on any atom is -0.483 e. The van der Waals surface area contributed by atoms with Crippen molar-refractivity contribution < 1.29 is 14.3 Å². The number of hydrogen-bond donors (Lipinski definition) is 3. The summed E-state index contributed by atoms with van der Waals surface area (Å²) in [6, 6.07) is 20.8. The highest BCUT2D eigenvalue weighted by molar-refractivity contribution is 7.80. The number of hydrazine groups is 1. The molecule has 0 unspecified atom stereocenters. The molecule has 0 atom stereocenters. The van der Waals surface area contributed by atoms with Crippen LogP contribution in [0.1, 0.15) is 9.67 Å². The third-order valence-corrected chi connectivity index (χ3v) is 6.27. The van der Waals surface area contributed by atoms with Crippen LogP contribution in [0.3, 0.4) is 0 Å². The zero-order valence-corrected chi connectivity index (χ0v) is 18.4. The van der Waals surface area contributed by atoms with Gasteiger partial charge in [0.05, 0.1) is 5.02 Å². The molecule has 4 rings (SSSR count). The molecule has 9 heteroatoms. The summed E-state index contributed by atoms with van der Waals surface area (Å²) in [4.78, 5) is 24.9. The molecule has 156 valence electrons. The minimum absolute atomic E-state index is 0.0583. The van der Waals surface area contributed by atoms with Crippen molar-refractivity contribution in [2.45, 2.75) is 0 Å².